The van der Waals surface area contributed by atoms with Crippen molar-refractivity contribution in [2.24, 2.45) is 0 Å². The van der Waals surface area contributed by atoms with E-state index in [0.29, 0.717) is 12.4 Å². The van der Waals surface area contributed by atoms with Crippen LogP contribution in [0.2, 0.25) is 0 Å². The molecule has 0 bridgehead atoms. The van der Waals surface area contributed by atoms with Crippen LogP contribution in [-0.4, -0.2) is 27.4 Å². The molecule has 78 valence electrons. The molecule has 0 amide bonds. The van der Waals surface area contributed by atoms with Crippen molar-refractivity contribution in [2.75, 3.05) is 11.9 Å². The number of hydrogen-bond acceptors (Lipinski definition) is 4. The van der Waals surface area contributed by atoms with E-state index >= 15 is 0 Å². The summed E-state index contributed by atoms with van der Waals surface area (Å²) < 4.78 is 0. The number of aliphatic hydroxyl groups is 1. The zero-order chi connectivity index (χ0) is 10.4. The smallest absolute Gasteiger partial charge is 0.148 e. The SMILES string of the molecule is CCC(O)(CC)CNc1cccnn1. The molecule has 0 aromatic carbocycles. The zero-order valence-corrected chi connectivity index (χ0v) is 8.70. The third-order valence-electron chi connectivity index (χ3n) is 2.49. The van der Waals surface area contributed by atoms with Crippen LogP contribution in [0.15, 0.2) is 18.3 Å². The Balaban J connectivity index is 2.48. The Morgan fingerprint density at radius 1 is 1.43 bits per heavy atom. The lowest BCUT2D eigenvalue weighted by atomic mass is 9.98. The summed E-state index contributed by atoms with van der Waals surface area (Å²) in [6.07, 6.45) is 3.09. The summed E-state index contributed by atoms with van der Waals surface area (Å²) in [5.74, 6) is 0.702. The van der Waals surface area contributed by atoms with Gasteiger partial charge in [-0.25, -0.2) is 0 Å². The van der Waals surface area contributed by atoms with Crippen molar-refractivity contribution >= 4 is 5.82 Å². The van der Waals surface area contributed by atoms with Gasteiger partial charge in [0.25, 0.3) is 0 Å². The molecular formula is C10H17N3O. The van der Waals surface area contributed by atoms with E-state index in [0.717, 1.165) is 12.8 Å². The van der Waals surface area contributed by atoms with Gasteiger partial charge in [0.1, 0.15) is 5.82 Å². The van der Waals surface area contributed by atoms with E-state index in [2.05, 4.69) is 15.5 Å². The van der Waals surface area contributed by atoms with Gasteiger partial charge in [-0.15, -0.1) is 5.10 Å². The average Bonchev–Trinajstić information content (AvgIpc) is 2.27. The molecule has 0 atom stereocenters. The number of aromatic nitrogens is 2. The van der Waals surface area contributed by atoms with Gasteiger partial charge in [0.15, 0.2) is 0 Å². The fourth-order valence-electron chi connectivity index (χ4n) is 1.15. The van der Waals surface area contributed by atoms with Crippen LogP contribution < -0.4 is 5.32 Å². The number of nitrogens with one attached hydrogen (secondary N) is 1. The second-order valence-electron chi connectivity index (χ2n) is 3.39. The van der Waals surface area contributed by atoms with E-state index in [1.54, 1.807) is 6.20 Å². The third-order valence-corrected chi connectivity index (χ3v) is 2.49. The number of nitrogens with zero attached hydrogens (tertiary/aromatic N) is 2. The molecule has 14 heavy (non-hydrogen) atoms. The topological polar surface area (TPSA) is 58.0 Å². The van der Waals surface area contributed by atoms with Gasteiger partial charge in [-0.2, -0.15) is 5.10 Å². The molecule has 2 N–H and O–H groups in total. The quantitative estimate of drug-likeness (QED) is 0.746. The van der Waals surface area contributed by atoms with Crippen molar-refractivity contribution < 1.29 is 5.11 Å². The maximum atomic E-state index is 9.98. The van der Waals surface area contributed by atoms with Crippen LogP contribution in [0.25, 0.3) is 0 Å². The van der Waals surface area contributed by atoms with Gasteiger partial charge >= 0.3 is 0 Å². The lowest BCUT2D eigenvalue weighted by molar-refractivity contribution is 0.0456. The maximum absolute atomic E-state index is 9.98. The first kappa shape index (κ1) is 10.9. The Morgan fingerprint density at radius 3 is 2.64 bits per heavy atom. The van der Waals surface area contributed by atoms with Crippen LogP contribution in [-0.2, 0) is 0 Å². The molecule has 0 fully saturated rings. The van der Waals surface area contributed by atoms with Crippen LogP contribution in [0.3, 0.4) is 0 Å². The molecular weight excluding hydrogens is 178 g/mol. The van der Waals surface area contributed by atoms with Crippen molar-refractivity contribution in [3.63, 3.8) is 0 Å². The molecule has 1 heterocycles. The molecule has 0 aliphatic carbocycles. The lowest BCUT2D eigenvalue weighted by Crippen LogP contribution is -2.35. The molecule has 0 aliphatic heterocycles. The Kier molecular flexibility index (Phi) is 3.83. The van der Waals surface area contributed by atoms with E-state index in [1.165, 1.54) is 0 Å². The Labute approximate surface area is 84.4 Å². The average molecular weight is 195 g/mol. The summed E-state index contributed by atoms with van der Waals surface area (Å²) in [6, 6.07) is 3.64. The van der Waals surface area contributed by atoms with E-state index in [4.69, 9.17) is 0 Å². The summed E-state index contributed by atoms with van der Waals surface area (Å²) in [5.41, 5.74) is -0.641. The first-order valence-corrected chi connectivity index (χ1v) is 4.94. The van der Waals surface area contributed by atoms with Crippen LogP contribution >= 0.6 is 0 Å². The standard InChI is InChI=1S/C10H17N3O/c1-3-10(14,4-2)8-11-9-6-5-7-12-13-9/h5-7,14H,3-4,8H2,1-2H3,(H,11,13). The highest BCUT2D eigenvalue weighted by atomic mass is 16.3. The van der Waals surface area contributed by atoms with Crippen LogP contribution in [0.1, 0.15) is 26.7 Å². The molecule has 0 spiro atoms. The third kappa shape index (κ3) is 2.96. The van der Waals surface area contributed by atoms with Crippen molar-refractivity contribution in [1.82, 2.24) is 10.2 Å². The normalized spacial score (nSPS) is 11.4. The summed E-state index contributed by atoms with van der Waals surface area (Å²) in [4.78, 5) is 0. The van der Waals surface area contributed by atoms with Crippen molar-refractivity contribution in [3.8, 4) is 0 Å². The highest BCUT2D eigenvalue weighted by Gasteiger charge is 2.21. The minimum absolute atomic E-state index is 0.513. The molecule has 1 aromatic heterocycles. The highest BCUT2D eigenvalue weighted by molar-refractivity contribution is 5.31. The van der Waals surface area contributed by atoms with Gasteiger partial charge in [0.05, 0.1) is 5.60 Å². The molecule has 1 rings (SSSR count). The Hall–Kier alpha value is -1.16. The molecule has 0 saturated carbocycles. The van der Waals surface area contributed by atoms with Crippen molar-refractivity contribution in [3.05, 3.63) is 18.3 Å². The first-order chi connectivity index (χ1) is 6.70. The van der Waals surface area contributed by atoms with Gasteiger partial charge < -0.3 is 10.4 Å². The summed E-state index contributed by atoms with van der Waals surface area (Å²) >= 11 is 0. The van der Waals surface area contributed by atoms with Gasteiger partial charge in [-0.05, 0) is 25.0 Å². The molecule has 0 unspecified atom stereocenters. The summed E-state index contributed by atoms with van der Waals surface area (Å²) in [7, 11) is 0. The van der Waals surface area contributed by atoms with Crippen molar-refractivity contribution in [1.29, 1.82) is 0 Å². The minimum Gasteiger partial charge on any atom is -0.388 e. The molecule has 1 aromatic rings. The molecule has 0 radical (unpaired) electrons. The maximum Gasteiger partial charge on any atom is 0.148 e. The zero-order valence-electron chi connectivity index (χ0n) is 8.70. The van der Waals surface area contributed by atoms with E-state index in [9.17, 15) is 5.11 Å². The summed E-state index contributed by atoms with van der Waals surface area (Å²) in [6.45, 7) is 4.46. The molecule has 4 heteroatoms. The minimum atomic E-state index is -0.641. The van der Waals surface area contributed by atoms with Crippen molar-refractivity contribution in [2.45, 2.75) is 32.3 Å². The van der Waals surface area contributed by atoms with Gasteiger partial charge in [0, 0.05) is 12.7 Å². The van der Waals surface area contributed by atoms with Crippen LogP contribution in [0.4, 0.5) is 5.82 Å². The molecule has 0 saturated heterocycles. The fraction of sp³-hybridized carbons (Fsp3) is 0.600. The van der Waals surface area contributed by atoms with E-state index in [-0.39, 0.29) is 0 Å². The predicted molar refractivity (Wildman–Crippen MR) is 56.1 cm³/mol. The molecule has 0 aliphatic rings. The fourth-order valence-corrected chi connectivity index (χ4v) is 1.15. The first-order valence-electron chi connectivity index (χ1n) is 4.94. The Morgan fingerprint density at radius 2 is 2.14 bits per heavy atom. The van der Waals surface area contributed by atoms with E-state index < -0.39 is 5.60 Å². The highest BCUT2D eigenvalue weighted by Crippen LogP contribution is 2.14. The summed E-state index contributed by atoms with van der Waals surface area (Å²) in [5, 5.41) is 20.7. The second kappa shape index (κ2) is 4.91. The monoisotopic (exact) mass is 195 g/mol. The van der Waals surface area contributed by atoms with Gasteiger partial charge in [-0.1, -0.05) is 13.8 Å². The lowest BCUT2D eigenvalue weighted by Gasteiger charge is -2.25. The number of rotatable bonds is 5. The van der Waals surface area contributed by atoms with E-state index in [1.807, 2.05) is 26.0 Å². The van der Waals surface area contributed by atoms with Crippen LogP contribution in [0.5, 0.6) is 0 Å². The second-order valence-corrected chi connectivity index (χ2v) is 3.39. The van der Waals surface area contributed by atoms with Crippen LogP contribution in [0, 0.1) is 0 Å². The van der Waals surface area contributed by atoms with Gasteiger partial charge in [0.2, 0.25) is 0 Å². The predicted octanol–water partition coefficient (Wildman–Crippen LogP) is 1.44. The Bertz CT molecular complexity index is 259. The largest absolute Gasteiger partial charge is 0.388 e. The molecule has 4 nitrogen and oxygen atoms in total. The van der Waals surface area contributed by atoms with Gasteiger partial charge in [-0.3, -0.25) is 0 Å². The number of anilines is 1. The number of hydrogen-bond donors (Lipinski definition) is 2.